The summed E-state index contributed by atoms with van der Waals surface area (Å²) in [5.74, 6) is 0.962. The lowest BCUT2D eigenvalue weighted by molar-refractivity contribution is -0.885. The number of amides is 2. The van der Waals surface area contributed by atoms with Crippen molar-refractivity contribution in [2.75, 3.05) is 37.3 Å². The van der Waals surface area contributed by atoms with Gasteiger partial charge in [-0.05, 0) is 37.4 Å². The first-order valence-corrected chi connectivity index (χ1v) is 10.2. The Kier molecular flexibility index (Phi) is 6.43. The first-order chi connectivity index (χ1) is 13.5. The fourth-order valence-electron chi connectivity index (χ4n) is 2.80. The molecule has 28 heavy (non-hydrogen) atoms. The van der Waals surface area contributed by atoms with Crippen molar-refractivity contribution in [3.63, 3.8) is 0 Å². The van der Waals surface area contributed by atoms with Crippen molar-refractivity contribution >= 4 is 35.0 Å². The van der Waals surface area contributed by atoms with Gasteiger partial charge in [0.05, 0.1) is 12.7 Å². The number of hydrogen-bond donors (Lipinski definition) is 3. The van der Waals surface area contributed by atoms with Crippen LogP contribution in [-0.4, -0.2) is 44.5 Å². The van der Waals surface area contributed by atoms with Crippen LogP contribution in [0.25, 0.3) is 0 Å². The molecule has 2 atom stereocenters. The molecule has 8 heteroatoms. The molecule has 7 nitrogen and oxygen atoms in total. The summed E-state index contributed by atoms with van der Waals surface area (Å²) in [7, 11) is 1.82. The highest BCUT2D eigenvalue weighted by atomic mass is 32.2. The lowest BCUT2D eigenvalue weighted by atomic mass is 10.2. The monoisotopic (exact) mass is 402 g/mol. The molecule has 0 aliphatic carbocycles. The number of quaternary nitrogens is 1. The molecule has 148 valence electrons. The number of thioether (sulfide) groups is 1. The van der Waals surface area contributed by atoms with Gasteiger partial charge in [-0.25, -0.2) is 0 Å². The molecule has 1 unspecified atom stereocenters. The SMILES string of the molecule is CSc1ccccc1NC(=O)C[NH+](C)[C@@H](C)C(=O)Nc1ccc2c(c1)OCO2. The van der Waals surface area contributed by atoms with Gasteiger partial charge in [0.15, 0.2) is 24.1 Å². The van der Waals surface area contributed by atoms with Crippen LogP contribution in [0.3, 0.4) is 0 Å². The molecule has 1 heterocycles. The van der Waals surface area contributed by atoms with Crippen LogP contribution in [0.15, 0.2) is 47.4 Å². The predicted molar refractivity (Wildman–Crippen MR) is 109 cm³/mol. The number of ether oxygens (including phenoxy) is 2. The highest BCUT2D eigenvalue weighted by Crippen LogP contribution is 2.34. The van der Waals surface area contributed by atoms with E-state index in [1.165, 1.54) is 0 Å². The molecular formula is C20H24N3O4S+. The Labute approximate surface area is 168 Å². The lowest BCUT2D eigenvalue weighted by Crippen LogP contribution is -3.14. The molecule has 0 saturated heterocycles. The first-order valence-electron chi connectivity index (χ1n) is 8.93. The van der Waals surface area contributed by atoms with Gasteiger partial charge in [0.25, 0.3) is 11.8 Å². The van der Waals surface area contributed by atoms with Crippen molar-refractivity contribution in [1.82, 2.24) is 0 Å². The number of fused-ring (bicyclic) bond motifs is 1. The molecule has 1 aliphatic heterocycles. The van der Waals surface area contributed by atoms with E-state index in [1.807, 2.05) is 37.6 Å². The number of likely N-dealkylation sites (N-methyl/N-ethyl adjacent to an activating group) is 1. The third-order valence-corrected chi connectivity index (χ3v) is 5.39. The van der Waals surface area contributed by atoms with E-state index in [1.54, 1.807) is 36.9 Å². The summed E-state index contributed by atoms with van der Waals surface area (Å²) in [5.41, 5.74) is 1.41. The number of benzene rings is 2. The Morgan fingerprint density at radius 3 is 2.68 bits per heavy atom. The van der Waals surface area contributed by atoms with Gasteiger partial charge < -0.3 is 25.0 Å². The van der Waals surface area contributed by atoms with E-state index in [-0.39, 0.29) is 25.2 Å². The van der Waals surface area contributed by atoms with Gasteiger partial charge in [0.2, 0.25) is 6.79 Å². The molecule has 3 N–H and O–H groups in total. The van der Waals surface area contributed by atoms with Crippen LogP contribution in [0.1, 0.15) is 6.92 Å². The van der Waals surface area contributed by atoms with Gasteiger partial charge in [0.1, 0.15) is 0 Å². The molecule has 0 spiro atoms. The average molecular weight is 402 g/mol. The summed E-state index contributed by atoms with van der Waals surface area (Å²) in [5, 5.41) is 5.78. The molecule has 3 rings (SSSR count). The minimum Gasteiger partial charge on any atom is -0.454 e. The van der Waals surface area contributed by atoms with Gasteiger partial charge in [-0.3, -0.25) is 9.59 Å². The Morgan fingerprint density at radius 1 is 1.14 bits per heavy atom. The molecule has 2 aromatic rings. The average Bonchev–Trinajstić information content (AvgIpc) is 3.15. The topological polar surface area (TPSA) is 81.1 Å². The number of carbonyl (C=O) groups is 2. The van der Waals surface area contributed by atoms with Crippen LogP contribution in [-0.2, 0) is 9.59 Å². The molecule has 1 aliphatic rings. The fraction of sp³-hybridized carbons (Fsp3) is 0.300. The minimum atomic E-state index is -0.410. The lowest BCUT2D eigenvalue weighted by Gasteiger charge is -2.21. The van der Waals surface area contributed by atoms with E-state index >= 15 is 0 Å². The third kappa shape index (κ3) is 4.76. The molecule has 2 aromatic carbocycles. The zero-order valence-corrected chi connectivity index (χ0v) is 16.9. The van der Waals surface area contributed by atoms with E-state index in [4.69, 9.17) is 9.47 Å². The zero-order valence-electron chi connectivity index (χ0n) is 16.1. The minimum absolute atomic E-state index is 0.137. The van der Waals surface area contributed by atoms with E-state index < -0.39 is 6.04 Å². The smallest absolute Gasteiger partial charge is 0.282 e. The summed E-state index contributed by atoms with van der Waals surface area (Å²) in [6, 6.07) is 12.5. The fourth-order valence-corrected chi connectivity index (χ4v) is 3.35. The first kappa shape index (κ1) is 20.0. The second-order valence-electron chi connectivity index (χ2n) is 6.55. The number of anilines is 2. The third-order valence-electron chi connectivity index (χ3n) is 4.59. The maximum Gasteiger partial charge on any atom is 0.282 e. The molecule has 2 amide bonds. The standard InChI is InChI=1S/C20H23N3O4S/c1-13(20(25)21-14-8-9-16-17(10-14)27-12-26-16)23(2)11-19(24)22-15-6-4-5-7-18(15)28-3/h4-10,13H,11-12H2,1-3H3,(H,21,25)(H,22,24)/p+1/t13-/m0/s1. The highest BCUT2D eigenvalue weighted by molar-refractivity contribution is 7.98. The van der Waals surface area contributed by atoms with Crippen LogP contribution in [0.2, 0.25) is 0 Å². The maximum atomic E-state index is 12.6. The Morgan fingerprint density at radius 2 is 1.89 bits per heavy atom. The van der Waals surface area contributed by atoms with Gasteiger partial charge >= 0.3 is 0 Å². The molecule has 0 aromatic heterocycles. The normalized spacial score (nSPS) is 14.2. The largest absolute Gasteiger partial charge is 0.454 e. The molecular weight excluding hydrogens is 378 g/mol. The van der Waals surface area contributed by atoms with Gasteiger partial charge in [0, 0.05) is 16.6 Å². The predicted octanol–water partition coefficient (Wildman–Crippen LogP) is 1.62. The van der Waals surface area contributed by atoms with Gasteiger partial charge in [-0.1, -0.05) is 12.1 Å². The maximum absolute atomic E-state index is 12.6. The molecule has 0 bridgehead atoms. The van der Waals surface area contributed by atoms with Crippen LogP contribution in [0.5, 0.6) is 11.5 Å². The number of rotatable bonds is 7. The number of carbonyl (C=O) groups excluding carboxylic acids is 2. The van der Waals surface area contributed by atoms with Gasteiger partial charge in [-0.2, -0.15) is 0 Å². The van der Waals surface area contributed by atoms with Crippen LogP contribution in [0.4, 0.5) is 11.4 Å². The van der Waals surface area contributed by atoms with E-state index in [2.05, 4.69) is 10.6 Å². The molecule has 0 saturated carbocycles. The van der Waals surface area contributed by atoms with E-state index in [9.17, 15) is 9.59 Å². The van der Waals surface area contributed by atoms with Crippen molar-refractivity contribution in [1.29, 1.82) is 0 Å². The second kappa shape index (κ2) is 8.99. The molecule has 0 fully saturated rings. The number of hydrogen-bond acceptors (Lipinski definition) is 5. The van der Waals surface area contributed by atoms with Crippen LogP contribution < -0.4 is 25.0 Å². The summed E-state index contributed by atoms with van der Waals surface area (Å²) < 4.78 is 10.6. The summed E-state index contributed by atoms with van der Waals surface area (Å²) in [4.78, 5) is 26.7. The van der Waals surface area contributed by atoms with Crippen molar-refractivity contribution < 1.29 is 24.0 Å². The van der Waals surface area contributed by atoms with E-state index in [0.717, 1.165) is 15.5 Å². The zero-order chi connectivity index (χ0) is 20.1. The van der Waals surface area contributed by atoms with Crippen molar-refractivity contribution in [3.8, 4) is 11.5 Å². The number of nitrogens with one attached hydrogen (secondary N) is 3. The van der Waals surface area contributed by atoms with Crippen LogP contribution >= 0.6 is 11.8 Å². The Balaban J connectivity index is 1.55. The summed E-state index contributed by atoms with van der Waals surface area (Å²) in [6.07, 6.45) is 1.96. The van der Waals surface area contributed by atoms with Crippen LogP contribution in [0, 0.1) is 0 Å². The number of para-hydroxylation sites is 1. The molecule has 0 radical (unpaired) electrons. The van der Waals surface area contributed by atoms with E-state index in [0.29, 0.717) is 17.2 Å². The Hall–Kier alpha value is -2.71. The van der Waals surface area contributed by atoms with Crippen molar-refractivity contribution in [2.45, 2.75) is 17.9 Å². The van der Waals surface area contributed by atoms with Crippen molar-refractivity contribution in [3.05, 3.63) is 42.5 Å². The highest BCUT2D eigenvalue weighted by Gasteiger charge is 2.25. The quantitative estimate of drug-likeness (QED) is 0.613. The van der Waals surface area contributed by atoms with Crippen molar-refractivity contribution in [2.24, 2.45) is 0 Å². The van der Waals surface area contributed by atoms with Gasteiger partial charge in [-0.15, -0.1) is 11.8 Å². The second-order valence-corrected chi connectivity index (χ2v) is 7.40. The Bertz CT molecular complexity index is 874. The summed E-state index contributed by atoms with van der Waals surface area (Å²) in [6.45, 7) is 2.16. The summed E-state index contributed by atoms with van der Waals surface area (Å²) >= 11 is 1.57.